The van der Waals surface area contributed by atoms with Crippen molar-refractivity contribution in [3.8, 4) is 5.75 Å². The minimum Gasteiger partial charge on any atom is -0.508 e. The maximum atomic E-state index is 13.2. The highest BCUT2D eigenvalue weighted by Gasteiger charge is 2.31. The fraction of sp³-hybridized carbons (Fsp3) is 0.542. The van der Waals surface area contributed by atoms with Gasteiger partial charge in [0.15, 0.2) is 0 Å². The van der Waals surface area contributed by atoms with Gasteiger partial charge in [-0.3, -0.25) is 19.2 Å². The van der Waals surface area contributed by atoms with Gasteiger partial charge in [0.2, 0.25) is 23.6 Å². The number of amides is 4. The second kappa shape index (κ2) is 15.1. The molecule has 0 saturated carbocycles. The van der Waals surface area contributed by atoms with Crippen LogP contribution in [0, 0.1) is 0 Å². The number of primary amides is 1. The van der Waals surface area contributed by atoms with E-state index in [0.29, 0.717) is 24.2 Å². The SMILES string of the molecule is CSCCC(NC(=O)C1CCCN1)C(=O)NC(Cc1ccc(O)cc1)C(=O)NC(CCC(N)=O)C(=O)O. The Morgan fingerprint density at radius 2 is 1.68 bits per heavy atom. The molecule has 4 amide bonds. The van der Waals surface area contributed by atoms with Crippen LogP contribution in [-0.4, -0.2) is 82.5 Å². The van der Waals surface area contributed by atoms with Crippen molar-refractivity contribution in [2.75, 3.05) is 18.6 Å². The van der Waals surface area contributed by atoms with E-state index < -0.39 is 41.8 Å². The summed E-state index contributed by atoms with van der Waals surface area (Å²) in [6.07, 6.45) is 3.25. The molecule has 8 N–H and O–H groups in total. The number of phenolic OH excluding ortho intramolecular Hbond substituents is 1. The van der Waals surface area contributed by atoms with E-state index in [-0.39, 0.29) is 37.0 Å². The van der Waals surface area contributed by atoms with Gasteiger partial charge in [0.1, 0.15) is 23.9 Å². The summed E-state index contributed by atoms with van der Waals surface area (Å²) in [7, 11) is 0. The summed E-state index contributed by atoms with van der Waals surface area (Å²) in [4.78, 5) is 61.7. The first-order chi connectivity index (χ1) is 17.6. The molecule has 0 aliphatic carbocycles. The number of hydrogen-bond acceptors (Lipinski definition) is 8. The Morgan fingerprint density at radius 3 is 2.24 bits per heavy atom. The summed E-state index contributed by atoms with van der Waals surface area (Å²) in [5, 5.41) is 29.9. The first-order valence-electron chi connectivity index (χ1n) is 12.0. The van der Waals surface area contributed by atoms with Crippen molar-refractivity contribution < 1.29 is 34.2 Å². The van der Waals surface area contributed by atoms with E-state index >= 15 is 0 Å². The number of benzene rings is 1. The Bertz CT molecular complexity index is 953. The molecule has 1 saturated heterocycles. The molecule has 4 unspecified atom stereocenters. The maximum absolute atomic E-state index is 13.2. The predicted octanol–water partition coefficient (Wildman–Crippen LogP) is -0.756. The molecular formula is C24H35N5O7S. The van der Waals surface area contributed by atoms with Crippen LogP contribution >= 0.6 is 11.8 Å². The zero-order chi connectivity index (χ0) is 27.4. The summed E-state index contributed by atoms with van der Waals surface area (Å²) in [5.41, 5.74) is 5.71. The van der Waals surface area contributed by atoms with Crippen LogP contribution in [0.1, 0.15) is 37.7 Å². The number of rotatable bonds is 15. The fourth-order valence-corrected chi connectivity index (χ4v) is 4.32. The number of aliphatic carboxylic acids is 1. The lowest BCUT2D eigenvalue weighted by atomic mass is 10.0. The molecule has 1 aromatic rings. The van der Waals surface area contributed by atoms with Crippen molar-refractivity contribution in [2.45, 2.75) is 62.7 Å². The smallest absolute Gasteiger partial charge is 0.326 e. The van der Waals surface area contributed by atoms with Gasteiger partial charge in [-0.15, -0.1) is 0 Å². The molecule has 1 heterocycles. The minimum absolute atomic E-state index is 0.00656. The van der Waals surface area contributed by atoms with E-state index in [9.17, 15) is 34.2 Å². The Labute approximate surface area is 219 Å². The van der Waals surface area contributed by atoms with E-state index in [0.717, 1.165) is 13.0 Å². The zero-order valence-electron chi connectivity index (χ0n) is 20.7. The van der Waals surface area contributed by atoms with Gasteiger partial charge in [0.05, 0.1) is 6.04 Å². The van der Waals surface area contributed by atoms with Crippen molar-refractivity contribution in [2.24, 2.45) is 5.73 Å². The number of nitrogens with one attached hydrogen (secondary N) is 4. The van der Waals surface area contributed by atoms with Crippen molar-refractivity contribution in [3.05, 3.63) is 29.8 Å². The average molecular weight is 538 g/mol. The third kappa shape index (κ3) is 10.3. The van der Waals surface area contributed by atoms with E-state index in [1.807, 2.05) is 6.26 Å². The number of carboxylic acid groups (broad SMARTS) is 1. The highest BCUT2D eigenvalue weighted by molar-refractivity contribution is 7.98. The number of carboxylic acids is 1. The molecular weight excluding hydrogens is 502 g/mol. The van der Waals surface area contributed by atoms with Crippen LogP contribution in [0.3, 0.4) is 0 Å². The molecule has 0 aromatic heterocycles. The van der Waals surface area contributed by atoms with E-state index in [1.165, 1.54) is 23.9 Å². The molecule has 1 aliphatic heterocycles. The number of phenols is 1. The Morgan fingerprint density at radius 1 is 1.03 bits per heavy atom. The summed E-state index contributed by atoms with van der Waals surface area (Å²) in [6.45, 7) is 0.717. The number of hydrogen-bond donors (Lipinski definition) is 7. The molecule has 0 radical (unpaired) electrons. The van der Waals surface area contributed by atoms with Gasteiger partial charge >= 0.3 is 5.97 Å². The topological polar surface area (TPSA) is 200 Å². The molecule has 0 bridgehead atoms. The standard InChI is InChI=1S/C24H35N5O7S/c1-37-12-10-17(27-21(32)16-3-2-11-26-16)22(33)29-19(13-14-4-6-15(30)7-5-14)23(34)28-18(24(35)36)8-9-20(25)31/h4-7,16-19,26,30H,2-3,8-13H2,1H3,(H2,25,31)(H,27,32)(H,28,34)(H,29,33)(H,35,36). The predicted molar refractivity (Wildman–Crippen MR) is 138 cm³/mol. The number of carbonyl (C=O) groups is 5. The first kappa shape index (κ1) is 29.9. The van der Waals surface area contributed by atoms with Gasteiger partial charge in [-0.05, 0) is 61.9 Å². The van der Waals surface area contributed by atoms with Crippen LogP contribution < -0.4 is 27.0 Å². The number of aromatic hydroxyl groups is 1. The van der Waals surface area contributed by atoms with Crippen LogP contribution in [-0.2, 0) is 30.4 Å². The van der Waals surface area contributed by atoms with Gasteiger partial charge in [-0.1, -0.05) is 12.1 Å². The quantitative estimate of drug-likeness (QED) is 0.150. The highest BCUT2D eigenvalue weighted by atomic mass is 32.2. The second-order valence-electron chi connectivity index (χ2n) is 8.83. The lowest BCUT2D eigenvalue weighted by Gasteiger charge is -2.25. The number of nitrogens with two attached hydrogens (primary N) is 1. The molecule has 1 aromatic carbocycles. The lowest BCUT2D eigenvalue weighted by Crippen LogP contribution is -2.57. The zero-order valence-corrected chi connectivity index (χ0v) is 21.5. The second-order valence-corrected chi connectivity index (χ2v) is 9.81. The maximum Gasteiger partial charge on any atom is 0.326 e. The third-order valence-corrected chi connectivity index (χ3v) is 6.57. The summed E-state index contributed by atoms with van der Waals surface area (Å²) < 4.78 is 0. The van der Waals surface area contributed by atoms with Crippen molar-refractivity contribution in [1.29, 1.82) is 0 Å². The Hall–Kier alpha value is -3.32. The highest BCUT2D eigenvalue weighted by Crippen LogP contribution is 2.13. The van der Waals surface area contributed by atoms with Crippen LogP contribution in [0.4, 0.5) is 0 Å². The summed E-state index contributed by atoms with van der Waals surface area (Å²) in [6, 6.07) is 2.13. The number of thioether (sulfide) groups is 1. The third-order valence-electron chi connectivity index (χ3n) is 5.92. The van der Waals surface area contributed by atoms with Gasteiger partial charge in [-0.2, -0.15) is 11.8 Å². The number of carbonyl (C=O) groups excluding carboxylic acids is 4. The molecule has 0 spiro atoms. The van der Waals surface area contributed by atoms with Crippen LogP contribution in [0.25, 0.3) is 0 Å². The van der Waals surface area contributed by atoms with Gasteiger partial charge in [0.25, 0.3) is 0 Å². The molecule has 2 rings (SSSR count). The van der Waals surface area contributed by atoms with Crippen LogP contribution in [0.2, 0.25) is 0 Å². The van der Waals surface area contributed by atoms with Gasteiger partial charge in [-0.25, -0.2) is 4.79 Å². The van der Waals surface area contributed by atoms with E-state index in [2.05, 4.69) is 21.3 Å². The largest absolute Gasteiger partial charge is 0.508 e. The van der Waals surface area contributed by atoms with Crippen molar-refractivity contribution >= 4 is 41.4 Å². The van der Waals surface area contributed by atoms with Gasteiger partial charge < -0.3 is 37.2 Å². The molecule has 13 heteroatoms. The van der Waals surface area contributed by atoms with E-state index in [1.54, 1.807) is 12.1 Å². The van der Waals surface area contributed by atoms with Gasteiger partial charge in [0, 0.05) is 12.8 Å². The molecule has 4 atom stereocenters. The normalized spacial score (nSPS) is 17.3. The van der Waals surface area contributed by atoms with Crippen LogP contribution in [0.15, 0.2) is 24.3 Å². The first-order valence-corrected chi connectivity index (χ1v) is 13.4. The molecule has 1 aliphatic rings. The molecule has 204 valence electrons. The molecule has 37 heavy (non-hydrogen) atoms. The monoisotopic (exact) mass is 537 g/mol. The van der Waals surface area contributed by atoms with Crippen molar-refractivity contribution in [1.82, 2.24) is 21.3 Å². The fourth-order valence-electron chi connectivity index (χ4n) is 3.85. The van der Waals surface area contributed by atoms with Crippen LogP contribution in [0.5, 0.6) is 5.75 Å². The summed E-state index contributed by atoms with van der Waals surface area (Å²) >= 11 is 1.50. The minimum atomic E-state index is -1.39. The Kier molecular flexibility index (Phi) is 12.2. The van der Waals surface area contributed by atoms with Crippen molar-refractivity contribution in [3.63, 3.8) is 0 Å². The summed E-state index contributed by atoms with van der Waals surface area (Å²) in [5.74, 6) is -3.10. The van der Waals surface area contributed by atoms with E-state index in [4.69, 9.17) is 5.73 Å². The lowest BCUT2D eigenvalue weighted by molar-refractivity contribution is -0.142. The average Bonchev–Trinajstić information content (AvgIpc) is 3.39. The Balaban J connectivity index is 2.20. The molecule has 12 nitrogen and oxygen atoms in total. The molecule has 1 fully saturated rings.